The fourth-order valence-electron chi connectivity index (χ4n) is 2.15. The Hall–Kier alpha value is -2.82. The lowest BCUT2D eigenvalue weighted by molar-refractivity contribution is -0.145. The van der Waals surface area contributed by atoms with Crippen LogP contribution in [0.2, 0.25) is 0 Å². The lowest BCUT2D eigenvalue weighted by atomic mass is 10.2. The minimum Gasteiger partial charge on any atom is -0.508 e. The van der Waals surface area contributed by atoms with E-state index >= 15 is 0 Å². The van der Waals surface area contributed by atoms with Crippen molar-refractivity contribution >= 4 is 17.6 Å². The number of anilines is 1. The van der Waals surface area contributed by atoms with Gasteiger partial charge in [0.15, 0.2) is 0 Å². The number of esters is 1. The molecule has 5 nitrogen and oxygen atoms in total. The predicted octanol–water partition coefficient (Wildman–Crippen LogP) is 2.88. The highest BCUT2D eigenvalue weighted by molar-refractivity contribution is 6.03. The first-order valence-electron chi connectivity index (χ1n) is 7.39. The summed E-state index contributed by atoms with van der Waals surface area (Å²) in [5, 5.41) is 9.40. The third kappa shape index (κ3) is 4.85. The van der Waals surface area contributed by atoms with Gasteiger partial charge in [-0.05, 0) is 36.8 Å². The lowest BCUT2D eigenvalue weighted by Crippen LogP contribution is -2.32. The van der Waals surface area contributed by atoms with Crippen LogP contribution in [0.4, 0.5) is 5.69 Å². The number of rotatable bonds is 6. The van der Waals surface area contributed by atoms with Gasteiger partial charge in [0.25, 0.3) is 0 Å². The number of hydrogen-bond acceptors (Lipinski definition) is 4. The third-order valence-electron chi connectivity index (χ3n) is 3.25. The normalized spacial score (nSPS) is 10.1. The van der Waals surface area contributed by atoms with Crippen molar-refractivity contribution < 1.29 is 19.4 Å². The maximum absolute atomic E-state index is 12.5. The molecule has 1 amide bonds. The SMILES string of the molecule is CCOC(=O)CC(=O)N(Cc1ccccc1)c1ccc(O)cc1. The predicted molar refractivity (Wildman–Crippen MR) is 87.0 cm³/mol. The minimum atomic E-state index is -0.547. The van der Waals surface area contributed by atoms with Crippen LogP contribution in [-0.2, 0) is 20.9 Å². The molecule has 0 unspecified atom stereocenters. The fourth-order valence-corrected chi connectivity index (χ4v) is 2.15. The van der Waals surface area contributed by atoms with Crippen LogP contribution >= 0.6 is 0 Å². The molecule has 0 aliphatic rings. The molecule has 0 bridgehead atoms. The lowest BCUT2D eigenvalue weighted by Gasteiger charge is -2.23. The molecule has 0 radical (unpaired) electrons. The maximum atomic E-state index is 12.5. The molecule has 120 valence electrons. The first-order chi connectivity index (χ1) is 11.1. The molecule has 2 aromatic carbocycles. The number of carbonyl (C=O) groups excluding carboxylic acids is 2. The van der Waals surface area contributed by atoms with Crippen molar-refractivity contribution in [2.45, 2.75) is 19.9 Å². The first kappa shape index (κ1) is 16.5. The Morgan fingerprint density at radius 3 is 2.30 bits per heavy atom. The standard InChI is InChI=1S/C18H19NO4/c1-2-23-18(22)12-17(21)19(13-14-6-4-3-5-7-14)15-8-10-16(20)11-9-15/h3-11,20H,2,12-13H2,1H3. The van der Waals surface area contributed by atoms with E-state index in [1.54, 1.807) is 19.1 Å². The highest BCUT2D eigenvalue weighted by atomic mass is 16.5. The average molecular weight is 313 g/mol. The Morgan fingerprint density at radius 1 is 1.04 bits per heavy atom. The molecule has 0 saturated heterocycles. The van der Waals surface area contributed by atoms with Gasteiger partial charge in [0.1, 0.15) is 12.2 Å². The number of hydrogen-bond donors (Lipinski definition) is 1. The Morgan fingerprint density at radius 2 is 1.70 bits per heavy atom. The molecule has 23 heavy (non-hydrogen) atoms. The zero-order valence-electron chi connectivity index (χ0n) is 12.9. The fraction of sp³-hybridized carbons (Fsp3) is 0.222. The molecule has 0 saturated carbocycles. The maximum Gasteiger partial charge on any atom is 0.315 e. The van der Waals surface area contributed by atoms with E-state index in [1.165, 1.54) is 17.0 Å². The second-order valence-electron chi connectivity index (χ2n) is 4.96. The zero-order valence-corrected chi connectivity index (χ0v) is 12.9. The van der Waals surface area contributed by atoms with Gasteiger partial charge in [-0.2, -0.15) is 0 Å². The van der Waals surface area contributed by atoms with Gasteiger partial charge in [-0.25, -0.2) is 0 Å². The largest absolute Gasteiger partial charge is 0.508 e. The second-order valence-corrected chi connectivity index (χ2v) is 4.96. The minimum absolute atomic E-state index is 0.117. The Bertz CT molecular complexity index is 652. The first-order valence-corrected chi connectivity index (χ1v) is 7.39. The van der Waals surface area contributed by atoms with Crippen molar-refractivity contribution in [3.63, 3.8) is 0 Å². The van der Waals surface area contributed by atoms with E-state index in [4.69, 9.17) is 4.74 Å². The number of carbonyl (C=O) groups is 2. The van der Waals surface area contributed by atoms with E-state index in [2.05, 4.69) is 0 Å². The monoisotopic (exact) mass is 313 g/mol. The average Bonchev–Trinajstić information content (AvgIpc) is 2.54. The van der Waals surface area contributed by atoms with E-state index in [0.29, 0.717) is 12.2 Å². The summed E-state index contributed by atoms with van der Waals surface area (Å²) in [7, 11) is 0. The molecular weight excluding hydrogens is 294 g/mol. The molecule has 0 aliphatic heterocycles. The summed E-state index contributed by atoms with van der Waals surface area (Å²) in [6.07, 6.45) is -0.318. The quantitative estimate of drug-likeness (QED) is 0.658. The van der Waals surface area contributed by atoms with Crippen LogP contribution in [-0.4, -0.2) is 23.6 Å². The van der Waals surface area contributed by atoms with E-state index in [9.17, 15) is 14.7 Å². The molecule has 0 spiro atoms. The van der Waals surface area contributed by atoms with Gasteiger partial charge in [0.05, 0.1) is 13.2 Å². The Balaban J connectivity index is 2.21. The van der Waals surface area contributed by atoms with E-state index in [1.807, 2.05) is 30.3 Å². The number of aromatic hydroxyl groups is 1. The number of ether oxygens (including phenoxy) is 1. The molecule has 5 heteroatoms. The number of benzene rings is 2. The van der Waals surface area contributed by atoms with Crippen molar-refractivity contribution in [1.29, 1.82) is 0 Å². The van der Waals surface area contributed by atoms with Crippen molar-refractivity contribution in [3.05, 3.63) is 60.2 Å². The molecular formula is C18H19NO4. The van der Waals surface area contributed by atoms with Crippen molar-refractivity contribution in [2.75, 3.05) is 11.5 Å². The van der Waals surface area contributed by atoms with Gasteiger partial charge in [0.2, 0.25) is 5.91 Å². The molecule has 0 aromatic heterocycles. The van der Waals surface area contributed by atoms with Crippen molar-refractivity contribution in [3.8, 4) is 5.75 Å². The number of phenolic OH excluding ortho intramolecular Hbond substituents is 1. The summed E-state index contributed by atoms with van der Waals surface area (Å²) in [5.74, 6) is -0.779. The zero-order chi connectivity index (χ0) is 16.7. The van der Waals surface area contributed by atoms with Crippen molar-refractivity contribution in [1.82, 2.24) is 0 Å². The van der Waals surface area contributed by atoms with E-state index in [-0.39, 0.29) is 24.7 Å². The molecule has 0 fully saturated rings. The number of nitrogens with zero attached hydrogens (tertiary/aromatic N) is 1. The van der Waals surface area contributed by atoms with Gasteiger partial charge in [-0.3, -0.25) is 9.59 Å². The summed E-state index contributed by atoms with van der Waals surface area (Å²) >= 11 is 0. The topological polar surface area (TPSA) is 66.8 Å². The van der Waals surface area contributed by atoms with Gasteiger partial charge in [0, 0.05) is 5.69 Å². The van der Waals surface area contributed by atoms with E-state index in [0.717, 1.165) is 5.56 Å². The summed E-state index contributed by atoms with van der Waals surface area (Å²) in [6, 6.07) is 15.8. The Labute approximate surface area is 135 Å². The summed E-state index contributed by atoms with van der Waals surface area (Å²) in [4.78, 5) is 25.6. The third-order valence-corrected chi connectivity index (χ3v) is 3.25. The van der Waals surface area contributed by atoms with Crippen LogP contribution in [0.3, 0.4) is 0 Å². The van der Waals surface area contributed by atoms with Crippen LogP contribution in [0.5, 0.6) is 5.75 Å². The molecule has 2 aromatic rings. The van der Waals surface area contributed by atoms with E-state index < -0.39 is 5.97 Å². The number of phenols is 1. The van der Waals surface area contributed by atoms with Crippen molar-refractivity contribution in [2.24, 2.45) is 0 Å². The molecule has 0 atom stereocenters. The van der Waals surface area contributed by atoms with Crippen LogP contribution in [0.15, 0.2) is 54.6 Å². The summed E-state index contributed by atoms with van der Waals surface area (Å²) in [6.45, 7) is 2.28. The second kappa shape index (κ2) is 7.98. The highest BCUT2D eigenvalue weighted by Crippen LogP contribution is 2.21. The highest BCUT2D eigenvalue weighted by Gasteiger charge is 2.20. The Kier molecular flexibility index (Phi) is 5.74. The van der Waals surface area contributed by atoms with Gasteiger partial charge in [-0.1, -0.05) is 30.3 Å². The van der Waals surface area contributed by atoms with Gasteiger partial charge >= 0.3 is 5.97 Å². The molecule has 1 N–H and O–H groups in total. The molecule has 0 aliphatic carbocycles. The molecule has 2 rings (SSSR count). The van der Waals surface area contributed by atoms with Gasteiger partial charge < -0.3 is 14.7 Å². The van der Waals surface area contributed by atoms with Gasteiger partial charge in [-0.15, -0.1) is 0 Å². The smallest absolute Gasteiger partial charge is 0.315 e. The summed E-state index contributed by atoms with van der Waals surface area (Å²) in [5.41, 5.74) is 1.55. The van der Waals surface area contributed by atoms with Crippen LogP contribution in [0.25, 0.3) is 0 Å². The van der Waals surface area contributed by atoms with Crippen LogP contribution < -0.4 is 4.90 Å². The molecule has 0 heterocycles. The number of amides is 1. The van der Waals surface area contributed by atoms with Crippen LogP contribution in [0.1, 0.15) is 18.9 Å². The van der Waals surface area contributed by atoms with Crippen LogP contribution in [0, 0.1) is 0 Å². The summed E-state index contributed by atoms with van der Waals surface area (Å²) < 4.78 is 4.84.